The summed E-state index contributed by atoms with van der Waals surface area (Å²) in [6, 6.07) is 0. The van der Waals surface area contributed by atoms with Crippen molar-refractivity contribution in [2.24, 2.45) is 11.7 Å². The second kappa shape index (κ2) is 5.94. The van der Waals surface area contributed by atoms with Crippen LogP contribution in [0.15, 0.2) is 0 Å². The van der Waals surface area contributed by atoms with Crippen LogP contribution in [-0.2, 0) is 11.3 Å². The van der Waals surface area contributed by atoms with Crippen LogP contribution in [0.5, 0.6) is 0 Å². The van der Waals surface area contributed by atoms with E-state index in [1.165, 1.54) is 0 Å². The van der Waals surface area contributed by atoms with Crippen LogP contribution in [0.1, 0.15) is 36.8 Å². The second-order valence-corrected chi connectivity index (χ2v) is 5.98. The summed E-state index contributed by atoms with van der Waals surface area (Å²) in [5.74, 6) is 1.06. The Bertz CT molecular complexity index is 584. The van der Waals surface area contributed by atoms with Gasteiger partial charge in [0.25, 0.3) is 5.91 Å². The van der Waals surface area contributed by atoms with Gasteiger partial charge in [-0.3, -0.25) is 14.2 Å². The van der Waals surface area contributed by atoms with Crippen molar-refractivity contribution in [3.63, 3.8) is 0 Å². The molecule has 22 heavy (non-hydrogen) atoms. The lowest BCUT2D eigenvalue weighted by molar-refractivity contribution is -0.128. The molecule has 2 saturated heterocycles. The number of amides is 2. The Morgan fingerprint density at radius 1 is 1.36 bits per heavy atom. The number of hydrogen-bond acceptors (Lipinski definition) is 5. The Morgan fingerprint density at radius 2 is 2.18 bits per heavy atom. The van der Waals surface area contributed by atoms with Gasteiger partial charge in [-0.1, -0.05) is 0 Å². The summed E-state index contributed by atoms with van der Waals surface area (Å²) in [5, 5.41) is 8.03. The molecular weight excluding hydrogens is 284 g/mol. The molecule has 8 heteroatoms. The Labute approximate surface area is 129 Å². The lowest BCUT2D eigenvalue weighted by atomic mass is 10.1. The zero-order valence-electron chi connectivity index (χ0n) is 12.9. The number of carbonyl (C=O) groups excluding carboxylic acids is 2. The molecule has 0 radical (unpaired) electrons. The number of anilines is 1. The number of nitrogens with two attached hydrogens (primary N) is 1. The molecule has 0 aliphatic carbocycles. The van der Waals surface area contributed by atoms with Crippen molar-refractivity contribution >= 4 is 17.8 Å². The molecule has 1 atom stereocenters. The summed E-state index contributed by atoms with van der Waals surface area (Å²) in [5.41, 5.74) is 5.33. The quantitative estimate of drug-likeness (QED) is 0.815. The van der Waals surface area contributed by atoms with Gasteiger partial charge in [-0.2, -0.15) is 0 Å². The third-order valence-electron chi connectivity index (χ3n) is 4.49. The van der Waals surface area contributed by atoms with Crippen molar-refractivity contribution in [2.75, 3.05) is 31.1 Å². The maximum atomic E-state index is 11.7. The van der Waals surface area contributed by atoms with Crippen molar-refractivity contribution in [3.05, 3.63) is 5.82 Å². The third kappa shape index (κ3) is 2.65. The molecule has 1 aromatic rings. The van der Waals surface area contributed by atoms with Crippen molar-refractivity contribution in [2.45, 2.75) is 32.7 Å². The van der Waals surface area contributed by atoms with E-state index in [2.05, 4.69) is 15.1 Å². The summed E-state index contributed by atoms with van der Waals surface area (Å²) in [4.78, 5) is 27.2. The number of aromatic nitrogens is 3. The summed E-state index contributed by atoms with van der Waals surface area (Å²) >= 11 is 0. The zero-order chi connectivity index (χ0) is 15.7. The molecule has 2 fully saturated rings. The minimum atomic E-state index is -0.556. The molecule has 2 aliphatic heterocycles. The van der Waals surface area contributed by atoms with Crippen molar-refractivity contribution in [1.29, 1.82) is 0 Å². The van der Waals surface area contributed by atoms with Crippen LogP contribution in [0.25, 0.3) is 0 Å². The molecule has 1 aromatic heterocycles. The molecular formula is C14H22N6O2. The number of likely N-dealkylation sites (tertiary alicyclic amines) is 1. The lowest BCUT2D eigenvalue weighted by Gasteiger charge is -2.21. The Balaban J connectivity index is 1.67. The van der Waals surface area contributed by atoms with Gasteiger partial charge in [0.15, 0.2) is 0 Å². The third-order valence-corrected chi connectivity index (χ3v) is 4.49. The van der Waals surface area contributed by atoms with Crippen molar-refractivity contribution < 1.29 is 9.59 Å². The van der Waals surface area contributed by atoms with E-state index in [4.69, 9.17) is 5.73 Å². The van der Waals surface area contributed by atoms with E-state index in [0.29, 0.717) is 24.8 Å². The first-order valence-corrected chi connectivity index (χ1v) is 7.86. The highest BCUT2D eigenvalue weighted by molar-refractivity contribution is 5.89. The molecule has 0 spiro atoms. The summed E-state index contributed by atoms with van der Waals surface area (Å²) in [7, 11) is 0. The average Bonchev–Trinajstić information content (AvgIpc) is 3.19. The van der Waals surface area contributed by atoms with E-state index >= 15 is 0 Å². The molecule has 0 aromatic carbocycles. The highest BCUT2D eigenvalue weighted by atomic mass is 16.2. The molecule has 0 bridgehead atoms. The summed E-state index contributed by atoms with van der Waals surface area (Å²) < 4.78 is 1.76. The highest BCUT2D eigenvalue weighted by Crippen LogP contribution is 2.25. The van der Waals surface area contributed by atoms with Crippen LogP contribution in [0, 0.1) is 5.92 Å². The Morgan fingerprint density at radius 3 is 2.82 bits per heavy atom. The monoisotopic (exact) mass is 306 g/mol. The molecule has 0 saturated carbocycles. The van der Waals surface area contributed by atoms with Crippen molar-refractivity contribution in [3.8, 4) is 0 Å². The first kappa shape index (κ1) is 14.8. The van der Waals surface area contributed by atoms with Gasteiger partial charge in [-0.15, -0.1) is 10.2 Å². The van der Waals surface area contributed by atoms with Gasteiger partial charge in [-0.05, 0) is 25.7 Å². The zero-order valence-corrected chi connectivity index (χ0v) is 12.9. The normalized spacial score (nSPS) is 21.9. The van der Waals surface area contributed by atoms with Crippen LogP contribution in [0.2, 0.25) is 0 Å². The minimum absolute atomic E-state index is 0.204. The number of primary amides is 1. The van der Waals surface area contributed by atoms with E-state index in [9.17, 15) is 9.59 Å². The largest absolute Gasteiger partial charge is 0.363 e. The van der Waals surface area contributed by atoms with Gasteiger partial charge in [0, 0.05) is 39.1 Å². The van der Waals surface area contributed by atoms with Crippen molar-refractivity contribution in [1.82, 2.24) is 19.7 Å². The van der Waals surface area contributed by atoms with Crippen LogP contribution in [-0.4, -0.2) is 57.7 Å². The fraction of sp³-hybridized carbons (Fsp3) is 0.714. The fourth-order valence-electron chi connectivity index (χ4n) is 3.37. The van der Waals surface area contributed by atoms with Gasteiger partial charge in [0.05, 0.1) is 0 Å². The van der Waals surface area contributed by atoms with E-state index in [1.54, 1.807) is 4.57 Å². The number of rotatable bonds is 5. The topological polar surface area (TPSA) is 97.3 Å². The highest BCUT2D eigenvalue weighted by Gasteiger charge is 2.31. The maximum Gasteiger partial charge on any atom is 0.286 e. The van der Waals surface area contributed by atoms with Gasteiger partial charge in [0.1, 0.15) is 0 Å². The van der Waals surface area contributed by atoms with Crippen LogP contribution >= 0.6 is 0 Å². The van der Waals surface area contributed by atoms with E-state index in [0.717, 1.165) is 39.0 Å². The predicted octanol–water partition coefficient (Wildman–Crippen LogP) is -0.154. The second-order valence-electron chi connectivity index (χ2n) is 5.98. The number of nitrogens with zero attached hydrogens (tertiary/aromatic N) is 5. The predicted molar refractivity (Wildman–Crippen MR) is 80.3 cm³/mol. The van der Waals surface area contributed by atoms with Crippen LogP contribution in [0.4, 0.5) is 5.95 Å². The molecule has 3 rings (SSSR count). The lowest BCUT2D eigenvalue weighted by Crippen LogP contribution is -2.32. The van der Waals surface area contributed by atoms with E-state index < -0.39 is 5.91 Å². The first-order valence-electron chi connectivity index (χ1n) is 7.86. The SMILES string of the molecule is CCn1c(C(N)=O)nnc1N1CCC(CN2CCCC2=O)C1. The molecule has 1 unspecified atom stereocenters. The van der Waals surface area contributed by atoms with Gasteiger partial charge in [-0.25, -0.2) is 0 Å². The molecule has 8 nitrogen and oxygen atoms in total. The maximum absolute atomic E-state index is 11.7. The Kier molecular flexibility index (Phi) is 4.00. The molecule has 120 valence electrons. The fourth-order valence-corrected chi connectivity index (χ4v) is 3.37. The smallest absolute Gasteiger partial charge is 0.286 e. The van der Waals surface area contributed by atoms with Crippen LogP contribution < -0.4 is 10.6 Å². The molecule has 2 aliphatic rings. The standard InChI is InChI=1S/C14H22N6O2/c1-2-20-13(12(15)22)16-17-14(20)19-7-5-10(9-19)8-18-6-3-4-11(18)21/h10H,2-9H2,1H3,(H2,15,22). The molecule has 2 N–H and O–H groups in total. The van der Waals surface area contributed by atoms with Gasteiger partial charge in [0.2, 0.25) is 17.7 Å². The van der Waals surface area contributed by atoms with Crippen LogP contribution in [0.3, 0.4) is 0 Å². The molecule has 2 amide bonds. The molecule has 3 heterocycles. The number of hydrogen-bond donors (Lipinski definition) is 1. The summed E-state index contributed by atoms with van der Waals surface area (Å²) in [6.45, 7) is 5.94. The van der Waals surface area contributed by atoms with E-state index in [1.807, 2.05) is 11.8 Å². The first-order chi connectivity index (χ1) is 10.6. The number of carbonyl (C=O) groups is 2. The average molecular weight is 306 g/mol. The minimum Gasteiger partial charge on any atom is -0.363 e. The van der Waals surface area contributed by atoms with E-state index in [-0.39, 0.29) is 11.7 Å². The summed E-state index contributed by atoms with van der Waals surface area (Å²) in [6.07, 6.45) is 2.68. The van der Waals surface area contributed by atoms with Gasteiger partial charge >= 0.3 is 0 Å². The Hall–Kier alpha value is -2.12. The van der Waals surface area contributed by atoms with Gasteiger partial charge < -0.3 is 15.5 Å².